The minimum absolute atomic E-state index is 0.0267. The Kier molecular flexibility index (Phi) is 4.88. The van der Waals surface area contributed by atoms with E-state index in [4.69, 9.17) is 5.73 Å². The number of hydrogen-bond donors (Lipinski definition) is 1. The number of nitrogen functional groups attached to an aromatic ring is 1. The van der Waals surface area contributed by atoms with Crippen LogP contribution in [0.1, 0.15) is 35.9 Å². The van der Waals surface area contributed by atoms with E-state index in [-0.39, 0.29) is 5.91 Å². The van der Waals surface area contributed by atoms with Crippen molar-refractivity contribution < 1.29 is 4.79 Å². The molecule has 1 saturated heterocycles. The van der Waals surface area contributed by atoms with E-state index in [0.717, 1.165) is 44.6 Å². The molecule has 21 heavy (non-hydrogen) atoms. The maximum absolute atomic E-state index is 12.6. The van der Waals surface area contributed by atoms with Gasteiger partial charge in [0.25, 0.3) is 5.91 Å². The summed E-state index contributed by atoms with van der Waals surface area (Å²) in [6.07, 6.45) is 3.04. The third-order valence-electron chi connectivity index (χ3n) is 4.41. The van der Waals surface area contributed by atoms with Crippen LogP contribution in [0.3, 0.4) is 0 Å². The molecule has 2 rings (SSSR count). The molecule has 2 heterocycles. The van der Waals surface area contributed by atoms with Gasteiger partial charge in [-0.3, -0.25) is 9.48 Å². The molecule has 1 amide bonds. The van der Waals surface area contributed by atoms with Crippen molar-refractivity contribution in [3.8, 4) is 0 Å². The van der Waals surface area contributed by atoms with Crippen LogP contribution in [-0.4, -0.2) is 59.2 Å². The predicted octanol–water partition coefficient (Wildman–Crippen LogP) is 0.979. The fourth-order valence-corrected chi connectivity index (χ4v) is 3.01. The molecular formula is C15H27N5O. The number of nitrogens with two attached hydrogens (primary N) is 1. The second-order valence-electron chi connectivity index (χ2n) is 6.12. The summed E-state index contributed by atoms with van der Waals surface area (Å²) in [7, 11) is 5.79. The summed E-state index contributed by atoms with van der Waals surface area (Å²) in [4.78, 5) is 16.8. The van der Waals surface area contributed by atoms with E-state index >= 15 is 0 Å². The van der Waals surface area contributed by atoms with Crippen LogP contribution in [0.5, 0.6) is 0 Å². The molecule has 0 atom stereocenters. The number of amides is 1. The van der Waals surface area contributed by atoms with Gasteiger partial charge in [0.2, 0.25) is 0 Å². The van der Waals surface area contributed by atoms with Crippen LogP contribution in [0.25, 0.3) is 0 Å². The average molecular weight is 293 g/mol. The number of hydrogen-bond acceptors (Lipinski definition) is 4. The summed E-state index contributed by atoms with van der Waals surface area (Å²) >= 11 is 0. The topological polar surface area (TPSA) is 67.4 Å². The predicted molar refractivity (Wildman–Crippen MR) is 84.2 cm³/mol. The monoisotopic (exact) mass is 293 g/mol. The molecule has 2 N–H and O–H groups in total. The van der Waals surface area contributed by atoms with Gasteiger partial charge < -0.3 is 15.5 Å². The highest BCUT2D eigenvalue weighted by atomic mass is 16.2. The van der Waals surface area contributed by atoms with Crippen molar-refractivity contribution >= 4 is 11.6 Å². The van der Waals surface area contributed by atoms with Crippen LogP contribution >= 0.6 is 0 Å². The number of aryl methyl sites for hydroxylation is 2. The minimum atomic E-state index is -0.0267. The van der Waals surface area contributed by atoms with Gasteiger partial charge in [-0.15, -0.1) is 0 Å². The van der Waals surface area contributed by atoms with Gasteiger partial charge in [-0.25, -0.2) is 0 Å². The van der Waals surface area contributed by atoms with Crippen LogP contribution in [0, 0.1) is 5.92 Å². The first-order chi connectivity index (χ1) is 9.93. The van der Waals surface area contributed by atoms with Gasteiger partial charge >= 0.3 is 0 Å². The van der Waals surface area contributed by atoms with Crippen LogP contribution < -0.4 is 5.73 Å². The molecule has 118 valence electrons. The first kappa shape index (κ1) is 15.8. The second-order valence-corrected chi connectivity index (χ2v) is 6.12. The molecule has 0 spiro atoms. The molecule has 1 aliphatic heterocycles. The second kappa shape index (κ2) is 6.47. The Morgan fingerprint density at radius 3 is 2.52 bits per heavy atom. The fraction of sp³-hybridized carbons (Fsp3) is 0.733. The Morgan fingerprint density at radius 1 is 1.38 bits per heavy atom. The summed E-state index contributed by atoms with van der Waals surface area (Å²) in [6.45, 7) is 5.01. The third kappa shape index (κ3) is 3.37. The Bertz CT molecular complexity index is 502. The quantitative estimate of drug-likeness (QED) is 0.898. The molecule has 6 nitrogen and oxygen atoms in total. The zero-order valence-electron chi connectivity index (χ0n) is 13.6. The van der Waals surface area contributed by atoms with Gasteiger partial charge in [0.15, 0.2) is 0 Å². The molecule has 1 aliphatic rings. The molecule has 1 aromatic heterocycles. The maximum atomic E-state index is 12.6. The van der Waals surface area contributed by atoms with E-state index in [9.17, 15) is 4.79 Å². The lowest BCUT2D eigenvalue weighted by atomic mass is 9.96. The highest BCUT2D eigenvalue weighted by Crippen LogP contribution is 2.21. The van der Waals surface area contributed by atoms with Crippen molar-refractivity contribution in [1.82, 2.24) is 19.6 Å². The lowest BCUT2D eigenvalue weighted by molar-refractivity contribution is 0.0737. The SMILES string of the molecule is CCc1nn(C)c(C(=O)N(C)CC2CCN(C)CC2)c1N. The van der Waals surface area contributed by atoms with Crippen molar-refractivity contribution in [2.24, 2.45) is 13.0 Å². The standard InChI is InChI=1S/C15H27N5O/c1-5-12-13(16)14(20(4)17-12)15(21)19(3)10-11-6-8-18(2)9-7-11/h11H,5-10,16H2,1-4H3. The van der Waals surface area contributed by atoms with Gasteiger partial charge in [0, 0.05) is 20.6 Å². The average Bonchev–Trinajstić information content (AvgIpc) is 2.75. The Hall–Kier alpha value is -1.56. The van der Waals surface area contributed by atoms with Crippen molar-refractivity contribution in [1.29, 1.82) is 0 Å². The van der Waals surface area contributed by atoms with E-state index in [2.05, 4.69) is 17.0 Å². The van der Waals surface area contributed by atoms with Gasteiger partial charge in [-0.05, 0) is 45.3 Å². The Labute approximate surface area is 126 Å². The first-order valence-electron chi connectivity index (χ1n) is 7.69. The zero-order chi connectivity index (χ0) is 15.6. The molecule has 1 aromatic rings. The molecule has 0 bridgehead atoms. The van der Waals surface area contributed by atoms with Crippen LogP contribution in [0.4, 0.5) is 5.69 Å². The number of carbonyl (C=O) groups is 1. The normalized spacial score (nSPS) is 17.1. The van der Waals surface area contributed by atoms with Gasteiger partial charge in [0.1, 0.15) is 5.69 Å². The van der Waals surface area contributed by atoms with Crippen molar-refractivity contribution in [2.45, 2.75) is 26.2 Å². The van der Waals surface area contributed by atoms with Crippen LogP contribution in [0.15, 0.2) is 0 Å². The molecule has 0 aromatic carbocycles. The summed E-state index contributed by atoms with van der Waals surface area (Å²) in [6, 6.07) is 0. The zero-order valence-corrected chi connectivity index (χ0v) is 13.6. The Balaban J connectivity index is 2.04. The fourth-order valence-electron chi connectivity index (χ4n) is 3.01. The highest BCUT2D eigenvalue weighted by Gasteiger charge is 2.25. The van der Waals surface area contributed by atoms with Gasteiger partial charge in [0.05, 0.1) is 11.4 Å². The van der Waals surface area contributed by atoms with Crippen LogP contribution in [-0.2, 0) is 13.5 Å². The number of rotatable bonds is 4. The lowest BCUT2D eigenvalue weighted by Crippen LogP contribution is -2.38. The number of aromatic nitrogens is 2. The molecule has 0 saturated carbocycles. The van der Waals surface area contributed by atoms with E-state index in [1.165, 1.54) is 0 Å². The molecule has 0 unspecified atom stereocenters. The van der Waals surface area contributed by atoms with Gasteiger partial charge in [-0.1, -0.05) is 6.92 Å². The number of carbonyl (C=O) groups excluding carboxylic acids is 1. The molecule has 6 heteroatoms. The van der Waals surface area contributed by atoms with E-state index in [1.54, 1.807) is 16.6 Å². The summed E-state index contributed by atoms with van der Waals surface area (Å²) in [5, 5.41) is 4.33. The van der Waals surface area contributed by atoms with Gasteiger partial charge in [-0.2, -0.15) is 5.10 Å². The minimum Gasteiger partial charge on any atom is -0.395 e. The molecular weight excluding hydrogens is 266 g/mol. The summed E-state index contributed by atoms with van der Waals surface area (Å²) < 4.78 is 1.61. The van der Waals surface area contributed by atoms with E-state index in [0.29, 0.717) is 17.3 Å². The van der Waals surface area contributed by atoms with Crippen molar-refractivity contribution in [3.63, 3.8) is 0 Å². The number of anilines is 1. The lowest BCUT2D eigenvalue weighted by Gasteiger charge is -2.31. The number of piperidine rings is 1. The van der Waals surface area contributed by atoms with Crippen molar-refractivity contribution in [2.75, 3.05) is 39.5 Å². The smallest absolute Gasteiger partial charge is 0.274 e. The Morgan fingerprint density at radius 2 is 2.00 bits per heavy atom. The third-order valence-corrected chi connectivity index (χ3v) is 4.41. The molecule has 1 fully saturated rings. The van der Waals surface area contributed by atoms with E-state index < -0.39 is 0 Å². The largest absolute Gasteiger partial charge is 0.395 e. The first-order valence-corrected chi connectivity index (χ1v) is 7.69. The summed E-state index contributed by atoms with van der Waals surface area (Å²) in [5.41, 5.74) is 7.91. The highest BCUT2D eigenvalue weighted by molar-refractivity contribution is 5.97. The van der Waals surface area contributed by atoms with E-state index in [1.807, 2.05) is 14.0 Å². The number of nitrogens with zero attached hydrogens (tertiary/aromatic N) is 4. The van der Waals surface area contributed by atoms with Crippen LogP contribution in [0.2, 0.25) is 0 Å². The maximum Gasteiger partial charge on any atom is 0.274 e. The number of likely N-dealkylation sites (tertiary alicyclic amines) is 1. The summed E-state index contributed by atoms with van der Waals surface area (Å²) in [5.74, 6) is 0.552. The molecule has 0 radical (unpaired) electrons. The molecule has 0 aliphatic carbocycles. The van der Waals surface area contributed by atoms with Crippen molar-refractivity contribution in [3.05, 3.63) is 11.4 Å².